The van der Waals surface area contributed by atoms with Crippen LogP contribution >= 0.6 is 0 Å². The zero-order chi connectivity index (χ0) is 12.1. The lowest BCUT2D eigenvalue weighted by Crippen LogP contribution is -2.53. The van der Waals surface area contributed by atoms with Gasteiger partial charge in [-0.1, -0.05) is 13.8 Å². The van der Waals surface area contributed by atoms with Crippen LogP contribution in [0, 0.1) is 5.92 Å². The van der Waals surface area contributed by atoms with Crippen LogP contribution in [-0.2, 0) is 4.74 Å². The van der Waals surface area contributed by atoms with Gasteiger partial charge in [0.15, 0.2) is 0 Å². The standard InChI is InChI=1S/C13H28N2O/c1-6-12(9-16-5)14-13-7-11(3)15(4)8-10(13)2/h10-14H,6-9H2,1-5H3. The summed E-state index contributed by atoms with van der Waals surface area (Å²) in [6.07, 6.45) is 2.39. The number of nitrogens with one attached hydrogen (secondary N) is 1. The van der Waals surface area contributed by atoms with Crippen molar-refractivity contribution in [1.82, 2.24) is 10.2 Å². The first kappa shape index (κ1) is 13.9. The molecular weight excluding hydrogens is 200 g/mol. The third kappa shape index (κ3) is 3.72. The predicted octanol–water partition coefficient (Wildman–Crippen LogP) is 1.73. The second kappa shape index (κ2) is 6.58. The summed E-state index contributed by atoms with van der Waals surface area (Å²) >= 11 is 0. The summed E-state index contributed by atoms with van der Waals surface area (Å²) in [6, 6.07) is 1.84. The van der Waals surface area contributed by atoms with E-state index in [4.69, 9.17) is 4.74 Å². The van der Waals surface area contributed by atoms with Crippen LogP contribution in [0.3, 0.4) is 0 Å². The highest BCUT2D eigenvalue weighted by molar-refractivity contribution is 4.87. The number of hydrogen-bond acceptors (Lipinski definition) is 3. The van der Waals surface area contributed by atoms with Crippen molar-refractivity contribution < 1.29 is 4.74 Å². The Balaban J connectivity index is 2.45. The summed E-state index contributed by atoms with van der Waals surface area (Å²) in [5.41, 5.74) is 0. The van der Waals surface area contributed by atoms with Gasteiger partial charge in [-0.3, -0.25) is 0 Å². The normalized spacial score (nSPS) is 33.9. The summed E-state index contributed by atoms with van der Waals surface area (Å²) in [6.45, 7) is 8.91. The number of hydrogen-bond donors (Lipinski definition) is 1. The van der Waals surface area contributed by atoms with Crippen LogP contribution in [0.25, 0.3) is 0 Å². The lowest BCUT2D eigenvalue weighted by molar-refractivity contribution is 0.0972. The minimum atomic E-state index is 0.507. The maximum absolute atomic E-state index is 5.25. The average Bonchev–Trinajstić information content (AvgIpc) is 2.25. The number of rotatable bonds is 5. The van der Waals surface area contributed by atoms with Crippen LogP contribution in [0.2, 0.25) is 0 Å². The van der Waals surface area contributed by atoms with Gasteiger partial charge < -0.3 is 15.0 Å². The van der Waals surface area contributed by atoms with Gasteiger partial charge in [-0.25, -0.2) is 0 Å². The molecule has 3 heteroatoms. The second-order valence-corrected chi connectivity index (χ2v) is 5.34. The van der Waals surface area contributed by atoms with Crippen molar-refractivity contribution >= 4 is 0 Å². The molecule has 1 N–H and O–H groups in total. The topological polar surface area (TPSA) is 24.5 Å². The molecule has 1 aliphatic heterocycles. The molecule has 1 rings (SSSR count). The molecule has 0 aromatic rings. The van der Waals surface area contributed by atoms with Gasteiger partial charge in [0.1, 0.15) is 0 Å². The average molecular weight is 228 g/mol. The zero-order valence-corrected chi connectivity index (χ0v) is 11.5. The van der Waals surface area contributed by atoms with Crippen LogP contribution in [0.4, 0.5) is 0 Å². The fourth-order valence-corrected chi connectivity index (χ4v) is 2.56. The maximum atomic E-state index is 5.25. The van der Waals surface area contributed by atoms with Gasteiger partial charge in [0, 0.05) is 31.8 Å². The van der Waals surface area contributed by atoms with Gasteiger partial charge in [0.25, 0.3) is 0 Å². The molecule has 4 unspecified atom stereocenters. The molecule has 0 radical (unpaired) electrons. The molecule has 0 spiro atoms. The molecule has 96 valence electrons. The van der Waals surface area contributed by atoms with Crippen molar-refractivity contribution in [2.75, 3.05) is 27.3 Å². The lowest BCUT2D eigenvalue weighted by atomic mass is 9.89. The van der Waals surface area contributed by atoms with Crippen LogP contribution in [0.1, 0.15) is 33.6 Å². The van der Waals surface area contributed by atoms with E-state index in [1.165, 1.54) is 13.0 Å². The number of piperidine rings is 1. The first-order valence-electron chi connectivity index (χ1n) is 6.53. The quantitative estimate of drug-likeness (QED) is 0.775. The Morgan fingerprint density at radius 1 is 1.44 bits per heavy atom. The Kier molecular flexibility index (Phi) is 5.73. The first-order chi connectivity index (χ1) is 7.58. The van der Waals surface area contributed by atoms with Crippen molar-refractivity contribution in [3.8, 4) is 0 Å². The summed E-state index contributed by atoms with van der Waals surface area (Å²) in [5, 5.41) is 3.76. The van der Waals surface area contributed by atoms with Gasteiger partial charge in [-0.2, -0.15) is 0 Å². The molecule has 0 aromatic carbocycles. The minimum absolute atomic E-state index is 0.507. The number of likely N-dealkylation sites (tertiary alicyclic amines) is 1. The van der Waals surface area contributed by atoms with E-state index in [9.17, 15) is 0 Å². The molecule has 0 amide bonds. The molecule has 0 saturated carbocycles. The van der Waals surface area contributed by atoms with E-state index in [0.717, 1.165) is 18.9 Å². The fraction of sp³-hybridized carbons (Fsp3) is 1.00. The number of nitrogens with zero attached hydrogens (tertiary/aromatic N) is 1. The summed E-state index contributed by atoms with van der Waals surface area (Å²) in [5.74, 6) is 0.729. The molecule has 16 heavy (non-hydrogen) atoms. The summed E-state index contributed by atoms with van der Waals surface area (Å²) < 4.78 is 5.25. The maximum Gasteiger partial charge on any atom is 0.0615 e. The molecule has 0 aliphatic carbocycles. The summed E-state index contributed by atoms with van der Waals surface area (Å²) in [7, 11) is 4.01. The van der Waals surface area contributed by atoms with Crippen LogP contribution in [-0.4, -0.2) is 50.3 Å². The van der Waals surface area contributed by atoms with Crippen molar-refractivity contribution in [3.05, 3.63) is 0 Å². The molecular formula is C13H28N2O. The Morgan fingerprint density at radius 2 is 2.12 bits per heavy atom. The van der Waals surface area contributed by atoms with Crippen molar-refractivity contribution in [3.63, 3.8) is 0 Å². The Bertz CT molecular complexity index is 198. The van der Waals surface area contributed by atoms with E-state index in [1.807, 2.05) is 0 Å². The molecule has 0 aromatic heterocycles. The van der Waals surface area contributed by atoms with Gasteiger partial charge in [0.05, 0.1) is 6.61 Å². The predicted molar refractivity (Wildman–Crippen MR) is 68.8 cm³/mol. The van der Waals surface area contributed by atoms with Crippen molar-refractivity contribution in [1.29, 1.82) is 0 Å². The largest absolute Gasteiger partial charge is 0.383 e. The van der Waals surface area contributed by atoms with Gasteiger partial charge in [-0.05, 0) is 32.7 Å². The molecule has 1 fully saturated rings. The fourth-order valence-electron chi connectivity index (χ4n) is 2.56. The first-order valence-corrected chi connectivity index (χ1v) is 6.53. The number of ether oxygens (including phenoxy) is 1. The van der Waals surface area contributed by atoms with E-state index < -0.39 is 0 Å². The molecule has 4 atom stereocenters. The van der Waals surface area contributed by atoms with Crippen LogP contribution in [0.15, 0.2) is 0 Å². The molecule has 1 heterocycles. The monoisotopic (exact) mass is 228 g/mol. The van der Waals surface area contributed by atoms with E-state index in [-0.39, 0.29) is 0 Å². The SMILES string of the molecule is CCC(COC)NC1CC(C)N(C)CC1C. The van der Waals surface area contributed by atoms with E-state index in [2.05, 4.69) is 38.0 Å². The van der Waals surface area contributed by atoms with E-state index >= 15 is 0 Å². The van der Waals surface area contributed by atoms with E-state index in [0.29, 0.717) is 18.1 Å². The Hall–Kier alpha value is -0.120. The molecule has 1 saturated heterocycles. The van der Waals surface area contributed by atoms with Gasteiger partial charge in [0.2, 0.25) is 0 Å². The minimum Gasteiger partial charge on any atom is -0.383 e. The van der Waals surface area contributed by atoms with E-state index in [1.54, 1.807) is 7.11 Å². The summed E-state index contributed by atoms with van der Waals surface area (Å²) in [4.78, 5) is 2.46. The van der Waals surface area contributed by atoms with Crippen molar-refractivity contribution in [2.24, 2.45) is 5.92 Å². The van der Waals surface area contributed by atoms with Crippen LogP contribution in [0.5, 0.6) is 0 Å². The smallest absolute Gasteiger partial charge is 0.0615 e. The lowest BCUT2D eigenvalue weighted by Gasteiger charge is -2.41. The van der Waals surface area contributed by atoms with Gasteiger partial charge >= 0.3 is 0 Å². The third-order valence-corrected chi connectivity index (χ3v) is 3.92. The molecule has 3 nitrogen and oxygen atoms in total. The molecule has 0 bridgehead atoms. The van der Waals surface area contributed by atoms with Gasteiger partial charge in [-0.15, -0.1) is 0 Å². The third-order valence-electron chi connectivity index (χ3n) is 3.92. The van der Waals surface area contributed by atoms with Crippen molar-refractivity contribution in [2.45, 2.75) is 51.7 Å². The van der Waals surface area contributed by atoms with Crippen LogP contribution < -0.4 is 5.32 Å². The molecule has 1 aliphatic rings. The highest BCUT2D eigenvalue weighted by Crippen LogP contribution is 2.21. The second-order valence-electron chi connectivity index (χ2n) is 5.34. The highest BCUT2D eigenvalue weighted by Gasteiger charge is 2.29. The Labute approximate surface area is 101 Å². The Morgan fingerprint density at radius 3 is 2.69 bits per heavy atom. The number of methoxy groups -OCH3 is 1. The highest BCUT2D eigenvalue weighted by atomic mass is 16.5. The zero-order valence-electron chi connectivity index (χ0n) is 11.5.